The molecule has 0 spiro atoms. The van der Waals surface area contributed by atoms with Crippen molar-refractivity contribution < 1.29 is 19.1 Å². The normalized spacial score (nSPS) is 9.74. The molecule has 1 aromatic carbocycles. The third-order valence-electron chi connectivity index (χ3n) is 2.21. The number of carbonyl (C=O) groups is 2. The summed E-state index contributed by atoms with van der Waals surface area (Å²) in [5, 5.41) is 19.6. The Bertz CT molecular complexity index is 555. The van der Waals surface area contributed by atoms with Crippen LogP contribution in [-0.4, -0.2) is 28.5 Å². The predicted octanol–water partition coefficient (Wildman–Crippen LogP) is 1.76. The zero-order valence-corrected chi connectivity index (χ0v) is 10.9. The molecule has 1 amide bonds. The minimum atomic E-state index is -1.01. The largest absolute Gasteiger partial charge is 0.481 e. The van der Waals surface area contributed by atoms with Crippen LogP contribution in [0.4, 0.5) is 10.1 Å². The van der Waals surface area contributed by atoms with Gasteiger partial charge in [0.15, 0.2) is 0 Å². The number of aliphatic carboxylic acids is 1. The molecule has 5 nitrogen and oxygen atoms in total. The molecule has 0 aliphatic heterocycles. The third kappa shape index (κ3) is 4.60. The van der Waals surface area contributed by atoms with Gasteiger partial charge in [-0.2, -0.15) is 5.26 Å². The fraction of sp³-hybridized carbons (Fsp3) is 0.250. The number of nitrogens with one attached hydrogen (secondary N) is 1. The lowest BCUT2D eigenvalue weighted by molar-refractivity contribution is -0.133. The molecule has 0 bridgehead atoms. The van der Waals surface area contributed by atoms with Gasteiger partial charge >= 0.3 is 5.97 Å². The summed E-state index contributed by atoms with van der Waals surface area (Å²) in [5.41, 5.74) is 0.560. The number of carboxylic acids is 1. The molecule has 0 atom stereocenters. The van der Waals surface area contributed by atoms with Gasteiger partial charge in [0, 0.05) is 11.3 Å². The van der Waals surface area contributed by atoms with E-state index in [-0.39, 0.29) is 28.3 Å². The Balaban J connectivity index is 2.71. The van der Waals surface area contributed by atoms with Crippen molar-refractivity contribution in [3.63, 3.8) is 0 Å². The fourth-order valence-electron chi connectivity index (χ4n) is 1.29. The number of hydrogen-bond donors (Lipinski definition) is 2. The van der Waals surface area contributed by atoms with Gasteiger partial charge in [0.05, 0.1) is 23.1 Å². The van der Waals surface area contributed by atoms with Gasteiger partial charge in [-0.15, -0.1) is 11.8 Å². The van der Waals surface area contributed by atoms with Crippen LogP contribution in [0.5, 0.6) is 0 Å². The first-order valence-electron chi connectivity index (χ1n) is 5.23. The van der Waals surface area contributed by atoms with Crippen molar-refractivity contribution in [2.45, 2.75) is 6.92 Å². The van der Waals surface area contributed by atoms with E-state index in [0.29, 0.717) is 0 Å². The smallest absolute Gasteiger partial charge is 0.313 e. The summed E-state index contributed by atoms with van der Waals surface area (Å²) in [6.45, 7) is 1.48. The molecular weight excluding hydrogens is 271 g/mol. The monoisotopic (exact) mass is 282 g/mol. The van der Waals surface area contributed by atoms with E-state index in [4.69, 9.17) is 10.4 Å². The molecule has 7 heteroatoms. The highest BCUT2D eigenvalue weighted by atomic mass is 32.2. The van der Waals surface area contributed by atoms with E-state index in [2.05, 4.69) is 5.32 Å². The van der Waals surface area contributed by atoms with Crippen molar-refractivity contribution in [1.82, 2.24) is 0 Å². The minimum Gasteiger partial charge on any atom is -0.481 e. The van der Waals surface area contributed by atoms with Crippen LogP contribution in [0.15, 0.2) is 12.1 Å². The summed E-state index contributed by atoms with van der Waals surface area (Å²) in [6, 6.07) is 4.25. The van der Waals surface area contributed by atoms with E-state index < -0.39 is 17.7 Å². The summed E-state index contributed by atoms with van der Waals surface area (Å²) in [6.07, 6.45) is 0. The highest BCUT2D eigenvalue weighted by molar-refractivity contribution is 8.00. The molecular formula is C12H11FN2O3S. The maximum Gasteiger partial charge on any atom is 0.313 e. The number of nitriles is 1. The van der Waals surface area contributed by atoms with Crippen molar-refractivity contribution in [2.24, 2.45) is 0 Å². The minimum absolute atomic E-state index is 0.0514. The van der Waals surface area contributed by atoms with Crippen molar-refractivity contribution in [2.75, 3.05) is 16.8 Å². The van der Waals surface area contributed by atoms with E-state index in [1.54, 1.807) is 6.07 Å². The molecule has 1 rings (SSSR count). The Morgan fingerprint density at radius 3 is 2.74 bits per heavy atom. The van der Waals surface area contributed by atoms with Gasteiger partial charge in [0.2, 0.25) is 5.91 Å². The van der Waals surface area contributed by atoms with Crippen LogP contribution in [0.3, 0.4) is 0 Å². The van der Waals surface area contributed by atoms with E-state index in [0.717, 1.165) is 17.8 Å². The number of halogens is 1. The first-order valence-corrected chi connectivity index (χ1v) is 6.39. The molecule has 1 aromatic rings. The molecule has 0 aromatic heterocycles. The van der Waals surface area contributed by atoms with Crippen LogP contribution in [0.25, 0.3) is 0 Å². The lowest BCUT2D eigenvalue weighted by atomic mass is 10.1. The Labute approximate surface area is 113 Å². The average Bonchev–Trinajstić information content (AvgIpc) is 2.34. The molecule has 100 valence electrons. The van der Waals surface area contributed by atoms with Gasteiger partial charge in [-0.1, -0.05) is 0 Å². The third-order valence-corrected chi connectivity index (χ3v) is 3.12. The number of carboxylic acid groups (broad SMARTS) is 1. The molecule has 0 saturated carbocycles. The van der Waals surface area contributed by atoms with Crippen molar-refractivity contribution in [1.29, 1.82) is 5.26 Å². The van der Waals surface area contributed by atoms with Crippen LogP contribution in [0, 0.1) is 24.1 Å². The van der Waals surface area contributed by atoms with Gasteiger partial charge in [-0.05, 0) is 19.1 Å². The van der Waals surface area contributed by atoms with Crippen LogP contribution in [-0.2, 0) is 9.59 Å². The van der Waals surface area contributed by atoms with Crippen molar-refractivity contribution in [3.8, 4) is 6.07 Å². The van der Waals surface area contributed by atoms with E-state index in [1.807, 2.05) is 0 Å². The Hall–Kier alpha value is -2.07. The second kappa shape index (κ2) is 6.75. The highest BCUT2D eigenvalue weighted by Gasteiger charge is 2.10. The molecule has 0 saturated heterocycles. The number of carbonyl (C=O) groups excluding carboxylic acids is 1. The fourth-order valence-corrected chi connectivity index (χ4v) is 1.82. The lowest BCUT2D eigenvalue weighted by Crippen LogP contribution is -2.16. The van der Waals surface area contributed by atoms with Crippen LogP contribution < -0.4 is 5.32 Å². The molecule has 2 N–H and O–H groups in total. The van der Waals surface area contributed by atoms with Gasteiger partial charge in [0.1, 0.15) is 5.82 Å². The number of thioether (sulfide) groups is 1. The number of anilines is 1. The molecule has 0 heterocycles. The van der Waals surface area contributed by atoms with Crippen molar-refractivity contribution >= 4 is 29.3 Å². The van der Waals surface area contributed by atoms with Gasteiger partial charge < -0.3 is 10.4 Å². The molecule has 0 unspecified atom stereocenters. The van der Waals surface area contributed by atoms with E-state index >= 15 is 0 Å². The molecule has 0 fully saturated rings. The van der Waals surface area contributed by atoms with Crippen LogP contribution in [0.1, 0.15) is 11.1 Å². The maximum absolute atomic E-state index is 13.4. The zero-order chi connectivity index (χ0) is 14.4. The molecule has 0 aliphatic carbocycles. The van der Waals surface area contributed by atoms with Gasteiger partial charge in [-0.25, -0.2) is 4.39 Å². The van der Waals surface area contributed by atoms with Gasteiger partial charge in [0.25, 0.3) is 0 Å². The number of benzene rings is 1. The number of rotatable bonds is 5. The maximum atomic E-state index is 13.4. The number of amides is 1. The summed E-state index contributed by atoms with van der Waals surface area (Å²) < 4.78 is 13.4. The summed E-state index contributed by atoms with van der Waals surface area (Å²) in [5.74, 6) is -2.26. The van der Waals surface area contributed by atoms with Crippen LogP contribution in [0.2, 0.25) is 0 Å². The second-order valence-electron chi connectivity index (χ2n) is 3.68. The Kier molecular flexibility index (Phi) is 5.33. The van der Waals surface area contributed by atoms with Crippen molar-refractivity contribution in [3.05, 3.63) is 29.1 Å². The molecule has 0 radical (unpaired) electrons. The average molecular weight is 282 g/mol. The van der Waals surface area contributed by atoms with Gasteiger partial charge in [-0.3, -0.25) is 9.59 Å². The summed E-state index contributed by atoms with van der Waals surface area (Å²) >= 11 is 0.938. The Morgan fingerprint density at radius 1 is 1.47 bits per heavy atom. The molecule has 0 aliphatic rings. The second-order valence-corrected chi connectivity index (χ2v) is 4.66. The lowest BCUT2D eigenvalue weighted by Gasteiger charge is -2.09. The highest BCUT2D eigenvalue weighted by Crippen LogP contribution is 2.20. The quantitative estimate of drug-likeness (QED) is 0.858. The number of hydrogen-bond acceptors (Lipinski definition) is 4. The zero-order valence-electron chi connectivity index (χ0n) is 10.1. The number of nitrogens with zero attached hydrogens (tertiary/aromatic N) is 1. The first-order chi connectivity index (χ1) is 8.93. The topological polar surface area (TPSA) is 90.2 Å². The standard InChI is InChI=1S/C12H11FN2O3S/c1-7-9(13)2-8(4-14)3-10(7)15-11(16)5-19-6-12(17)18/h2-3H,5-6H2,1H3,(H,15,16)(H,17,18). The predicted molar refractivity (Wildman–Crippen MR) is 69.4 cm³/mol. The first kappa shape index (κ1) is 15.0. The van der Waals surface area contributed by atoms with Crippen LogP contribution >= 0.6 is 11.8 Å². The SMILES string of the molecule is Cc1c(F)cc(C#N)cc1NC(=O)CSCC(=O)O. The Morgan fingerprint density at radius 2 is 2.16 bits per heavy atom. The van der Waals surface area contributed by atoms with E-state index in [9.17, 15) is 14.0 Å². The summed E-state index contributed by atoms with van der Waals surface area (Å²) in [7, 11) is 0. The van der Waals surface area contributed by atoms with E-state index in [1.165, 1.54) is 13.0 Å². The molecule has 19 heavy (non-hydrogen) atoms. The summed E-state index contributed by atoms with van der Waals surface area (Å²) in [4.78, 5) is 21.8.